The number of hydrogen-bond acceptors (Lipinski definition) is 5. The summed E-state index contributed by atoms with van der Waals surface area (Å²) in [5.74, 6) is -1.09. The molecule has 1 aromatic heterocycles. The fraction of sp³-hybridized carbons (Fsp3) is 0.273. The summed E-state index contributed by atoms with van der Waals surface area (Å²) in [6.45, 7) is 5.47. The quantitative estimate of drug-likeness (QED) is 0.627. The molecule has 2 N–H and O–H groups in total. The molecule has 1 atom stereocenters. The number of benzene rings is 2. The van der Waals surface area contributed by atoms with E-state index in [-0.39, 0.29) is 18.2 Å². The minimum absolute atomic E-state index is 0.0571. The van der Waals surface area contributed by atoms with Gasteiger partial charge in [-0.05, 0) is 38.5 Å². The van der Waals surface area contributed by atoms with E-state index in [2.05, 4.69) is 15.5 Å². The highest BCUT2D eigenvalue weighted by Crippen LogP contribution is 2.19. The van der Waals surface area contributed by atoms with Crippen molar-refractivity contribution in [3.8, 4) is 0 Å². The Bertz CT molecular complexity index is 1090. The molecule has 0 aliphatic carbocycles. The number of esters is 1. The van der Waals surface area contributed by atoms with Crippen LogP contribution in [0.4, 0.5) is 0 Å². The number of amides is 1. The molecule has 1 amide bonds. The van der Waals surface area contributed by atoms with Gasteiger partial charge in [0.05, 0.1) is 24.1 Å². The largest absolute Gasteiger partial charge is 0.463 e. The van der Waals surface area contributed by atoms with Gasteiger partial charge in [-0.3, -0.25) is 19.5 Å². The summed E-state index contributed by atoms with van der Waals surface area (Å²) in [6.07, 6.45) is -0.319. The maximum absolute atomic E-state index is 12.8. The van der Waals surface area contributed by atoms with Crippen LogP contribution in [0.5, 0.6) is 0 Å². The van der Waals surface area contributed by atoms with Crippen LogP contribution in [0, 0.1) is 6.92 Å². The Hall–Kier alpha value is -3.48. The highest BCUT2D eigenvalue weighted by atomic mass is 16.5. The second kappa shape index (κ2) is 8.68. The molecular formula is C22H23N3O4. The first-order chi connectivity index (χ1) is 13.8. The molecule has 1 heterocycles. The van der Waals surface area contributed by atoms with Crippen LogP contribution in [0.1, 0.15) is 47.9 Å². The van der Waals surface area contributed by atoms with Gasteiger partial charge in [-0.15, -0.1) is 0 Å². The second-order valence-electron chi connectivity index (χ2n) is 7.13. The number of carbonyl (C=O) groups excluding carboxylic acids is 2. The Labute approximate surface area is 168 Å². The first-order valence-corrected chi connectivity index (χ1v) is 9.39. The molecule has 0 saturated carbocycles. The summed E-state index contributed by atoms with van der Waals surface area (Å²) >= 11 is 0. The van der Waals surface area contributed by atoms with E-state index in [0.717, 1.165) is 11.1 Å². The zero-order chi connectivity index (χ0) is 21.0. The zero-order valence-electron chi connectivity index (χ0n) is 16.6. The minimum Gasteiger partial charge on any atom is -0.463 e. The number of carbonyl (C=O) groups is 2. The van der Waals surface area contributed by atoms with Gasteiger partial charge < -0.3 is 10.1 Å². The molecule has 3 rings (SSSR count). The normalized spacial score (nSPS) is 12.0. The highest BCUT2D eigenvalue weighted by Gasteiger charge is 2.23. The molecule has 2 aromatic carbocycles. The molecular weight excluding hydrogens is 370 g/mol. The lowest BCUT2D eigenvalue weighted by Gasteiger charge is -2.19. The van der Waals surface area contributed by atoms with E-state index in [9.17, 15) is 14.4 Å². The van der Waals surface area contributed by atoms with Gasteiger partial charge in [-0.25, -0.2) is 0 Å². The molecule has 0 fully saturated rings. The summed E-state index contributed by atoms with van der Waals surface area (Å²) in [4.78, 5) is 37.7. The van der Waals surface area contributed by atoms with Gasteiger partial charge in [0.25, 0.3) is 5.91 Å². The van der Waals surface area contributed by atoms with Gasteiger partial charge in [-0.2, -0.15) is 5.10 Å². The number of aromatic nitrogens is 2. The van der Waals surface area contributed by atoms with E-state index in [1.54, 1.807) is 38.1 Å². The van der Waals surface area contributed by atoms with Crippen LogP contribution in [0.3, 0.4) is 0 Å². The Kier molecular flexibility index (Phi) is 6.07. The highest BCUT2D eigenvalue weighted by molar-refractivity contribution is 5.95. The molecule has 3 aromatic rings. The van der Waals surface area contributed by atoms with Crippen molar-refractivity contribution in [1.29, 1.82) is 0 Å². The first-order valence-electron chi connectivity index (χ1n) is 9.39. The lowest BCUT2D eigenvalue weighted by Crippen LogP contribution is -2.35. The molecule has 1 unspecified atom stereocenters. The zero-order valence-corrected chi connectivity index (χ0v) is 16.6. The van der Waals surface area contributed by atoms with Crippen molar-refractivity contribution in [2.24, 2.45) is 0 Å². The summed E-state index contributed by atoms with van der Waals surface area (Å²) in [7, 11) is 0. The molecule has 29 heavy (non-hydrogen) atoms. The molecule has 0 bridgehead atoms. The number of aromatic amines is 1. The van der Waals surface area contributed by atoms with E-state index in [1.807, 2.05) is 31.2 Å². The van der Waals surface area contributed by atoms with E-state index >= 15 is 0 Å². The lowest BCUT2D eigenvalue weighted by atomic mass is 10.0. The predicted molar refractivity (Wildman–Crippen MR) is 110 cm³/mol. The SMILES string of the molecule is Cc1ccc(C(CC(=O)OC(C)C)NC(=O)c2n[nH]c3ccccc3c2=O)cc1. The first kappa shape index (κ1) is 20.3. The van der Waals surface area contributed by atoms with Gasteiger partial charge in [-0.1, -0.05) is 42.0 Å². The average Bonchev–Trinajstić information content (AvgIpc) is 2.68. The van der Waals surface area contributed by atoms with Crippen molar-refractivity contribution in [2.75, 3.05) is 0 Å². The number of nitrogens with one attached hydrogen (secondary N) is 2. The number of nitrogens with zero attached hydrogens (tertiary/aromatic N) is 1. The fourth-order valence-corrected chi connectivity index (χ4v) is 2.98. The topological polar surface area (TPSA) is 101 Å². The van der Waals surface area contributed by atoms with E-state index in [4.69, 9.17) is 4.74 Å². The van der Waals surface area contributed by atoms with E-state index in [0.29, 0.717) is 10.9 Å². The van der Waals surface area contributed by atoms with E-state index in [1.165, 1.54) is 0 Å². The van der Waals surface area contributed by atoms with Crippen molar-refractivity contribution in [3.05, 3.63) is 75.6 Å². The molecule has 7 heteroatoms. The van der Waals surface area contributed by atoms with Gasteiger partial charge in [0, 0.05) is 5.39 Å². The van der Waals surface area contributed by atoms with Crippen molar-refractivity contribution in [2.45, 2.75) is 39.3 Å². The third-order valence-corrected chi connectivity index (χ3v) is 4.41. The number of rotatable bonds is 6. The fourth-order valence-electron chi connectivity index (χ4n) is 2.98. The Morgan fingerprint density at radius 3 is 2.48 bits per heavy atom. The summed E-state index contributed by atoms with van der Waals surface area (Å²) < 4.78 is 5.22. The van der Waals surface area contributed by atoms with Crippen LogP contribution in [0.15, 0.2) is 53.3 Å². The number of hydrogen-bond donors (Lipinski definition) is 2. The molecule has 150 valence electrons. The smallest absolute Gasteiger partial charge is 0.308 e. The third kappa shape index (κ3) is 4.87. The molecule has 0 radical (unpaired) electrons. The van der Waals surface area contributed by atoms with Gasteiger partial charge in [0.15, 0.2) is 5.69 Å². The molecule has 7 nitrogen and oxygen atoms in total. The van der Waals surface area contributed by atoms with Crippen LogP contribution in [0.25, 0.3) is 10.9 Å². The maximum atomic E-state index is 12.8. The van der Waals surface area contributed by atoms with Crippen molar-refractivity contribution in [1.82, 2.24) is 15.5 Å². The number of ether oxygens (including phenoxy) is 1. The number of aryl methyl sites for hydroxylation is 1. The predicted octanol–water partition coefficient (Wildman–Crippen LogP) is 3.04. The monoisotopic (exact) mass is 393 g/mol. The lowest BCUT2D eigenvalue weighted by molar-refractivity contribution is -0.147. The van der Waals surface area contributed by atoms with Crippen molar-refractivity contribution < 1.29 is 14.3 Å². The van der Waals surface area contributed by atoms with Crippen LogP contribution in [-0.4, -0.2) is 28.2 Å². The van der Waals surface area contributed by atoms with Crippen molar-refractivity contribution >= 4 is 22.8 Å². The maximum Gasteiger partial charge on any atom is 0.308 e. The van der Waals surface area contributed by atoms with Gasteiger partial charge in [0.1, 0.15) is 0 Å². The molecule has 0 spiro atoms. The van der Waals surface area contributed by atoms with Gasteiger partial charge >= 0.3 is 5.97 Å². The standard InChI is InChI=1S/C22H23N3O4/c1-13(2)29-19(26)12-18(15-10-8-14(3)9-11-15)23-22(28)20-21(27)16-6-4-5-7-17(16)24-25-20/h4-11,13,18H,12H2,1-3H3,(H,23,28)(H,24,27). The number of fused-ring (bicyclic) bond motifs is 1. The van der Waals surface area contributed by atoms with Crippen molar-refractivity contribution in [3.63, 3.8) is 0 Å². The summed E-state index contributed by atoms with van der Waals surface area (Å²) in [5, 5.41) is 9.79. The Balaban J connectivity index is 1.89. The Morgan fingerprint density at radius 1 is 1.10 bits per heavy atom. The second-order valence-corrected chi connectivity index (χ2v) is 7.13. The van der Waals surface area contributed by atoms with E-state index < -0.39 is 23.3 Å². The molecule has 0 aliphatic rings. The van der Waals surface area contributed by atoms with Crippen LogP contribution in [0.2, 0.25) is 0 Å². The summed E-state index contributed by atoms with van der Waals surface area (Å²) in [5.41, 5.74) is 1.62. The third-order valence-electron chi connectivity index (χ3n) is 4.41. The average molecular weight is 393 g/mol. The van der Waals surface area contributed by atoms with Crippen LogP contribution < -0.4 is 10.7 Å². The molecule has 0 aliphatic heterocycles. The Morgan fingerprint density at radius 2 is 1.79 bits per heavy atom. The minimum atomic E-state index is -0.653. The number of para-hydroxylation sites is 1. The molecule has 0 saturated heterocycles. The van der Waals surface area contributed by atoms with Gasteiger partial charge in [0.2, 0.25) is 5.43 Å². The van der Waals surface area contributed by atoms with Crippen LogP contribution >= 0.6 is 0 Å². The number of H-pyrrole nitrogens is 1. The van der Waals surface area contributed by atoms with Crippen LogP contribution in [-0.2, 0) is 9.53 Å². The summed E-state index contributed by atoms with van der Waals surface area (Å²) in [6, 6.07) is 13.6.